The van der Waals surface area contributed by atoms with Gasteiger partial charge in [0.25, 0.3) is 0 Å². The first-order valence-corrected chi connectivity index (χ1v) is 14.3. The molecule has 0 bridgehead atoms. The fourth-order valence-electron chi connectivity index (χ4n) is 5.04. The van der Waals surface area contributed by atoms with E-state index in [1.807, 2.05) is 0 Å². The van der Waals surface area contributed by atoms with E-state index in [-0.39, 0.29) is 18.2 Å². The van der Waals surface area contributed by atoms with Gasteiger partial charge in [-0.3, -0.25) is 9.59 Å². The monoisotopic (exact) mass is 606 g/mol. The second kappa shape index (κ2) is 12.2. The molecule has 2 saturated heterocycles. The smallest absolute Gasteiger partial charge is 0.306 e. The molecule has 2 aliphatic heterocycles. The minimum Gasteiger partial charge on any atom is -0.460 e. The number of esters is 2. The van der Waals surface area contributed by atoms with Crippen LogP contribution in [0.1, 0.15) is 82.1 Å². The van der Waals surface area contributed by atoms with Crippen molar-refractivity contribution in [1.29, 1.82) is 0 Å². The highest BCUT2D eigenvalue weighted by atomic mass is 79.9. The van der Waals surface area contributed by atoms with Gasteiger partial charge in [-0.25, -0.2) is 0 Å². The number of carbonyl (C=O) groups excluding carboxylic acids is 2. The zero-order chi connectivity index (χ0) is 29.3. The predicted molar refractivity (Wildman–Crippen MR) is 146 cm³/mol. The minimum absolute atomic E-state index is 0.0867. The SMILES string of the molecule is C=C[C@H]1OC(C)(C)O[C@H]1[C@@H](CC(=O)OC(C)(C)C)[C@H](CC(=O)OC(C)(C)C)[C@@H]1OC(C)(C)O[C@@H]1[C@H](O)CBr. The lowest BCUT2D eigenvalue weighted by atomic mass is 9.75. The number of aliphatic hydroxyl groups excluding tert-OH is 1. The van der Waals surface area contributed by atoms with E-state index in [1.54, 1.807) is 75.3 Å². The Kier molecular flexibility index (Phi) is 10.7. The van der Waals surface area contributed by atoms with E-state index >= 15 is 0 Å². The number of alkyl halides is 1. The second-order valence-corrected chi connectivity index (χ2v) is 13.6. The predicted octanol–water partition coefficient (Wildman–Crippen LogP) is 4.66. The van der Waals surface area contributed by atoms with E-state index < -0.39 is 77.1 Å². The van der Waals surface area contributed by atoms with Crippen molar-refractivity contribution in [2.75, 3.05) is 5.33 Å². The number of hydrogen-bond donors (Lipinski definition) is 1. The van der Waals surface area contributed by atoms with Gasteiger partial charge < -0.3 is 33.5 Å². The van der Waals surface area contributed by atoms with E-state index in [4.69, 9.17) is 28.4 Å². The normalized spacial score (nSPS) is 29.4. The summed E-state index contributed by atoms with van der Waals surface area (Å²) in [5, 5.41) is 11.1. The van der Waals surface area contributed by atoms with Crippen LogP contribution in [0.15, 0.2) is 12.7 Å². The fraction of sp³-hybridized carbons (Fsp3) is 0.857. The van der Waals surface area contributed by atoms with Crippen LogP contribution in [0.4, 0.5) is 0 Å². The van der Waals surface area contributed by atoms with Gasteiger partial charge in [0.2, 0.25) is 0 Å². The van der Waals surface area contributed by atoms with Gasteiger partial charge in [-0.15, -0.1) is 6.58 Å². The molecular weight excluding hydrogens is 560 g/mol. The molecule has 7 atom stereocenters. The molecule has 2 heterocycles. The van der Waals surface area contributed by atoms with Crippen LogP contribution in [0.2, 0.25) is 0 Å². The first kappa shape index (κ1) is 33.2. The van der Waals surface area contributed by atoms with Crippen LogP contribution in [-0.2, 0) is 38.0 Å². The van der Waals surface area contributed by atoms with Crippen molar-refractivity contribution in [1.82, 2.24) is 0 Å². The number of aliphatic hydroxyl groups is 1. The molecular formula is C28H47BrO9. The Labute approximate surface area is 236 Å². The largest absolute Gasteiger partial charge is 0.460 e. The Bertz CT molecular complexity index is 842. The third-order valence-electron chi connectivity index (χ3n) is 6.14. The molecule has 0 unspecified atom stereocenters. The third-order valence-corrected chi connectivity index (χ3v) is 6.80. The number of ether oxygens (including phenoxy) is 6. The highest BCUT2D eigenvalue weighted by molar-refractivity contribution is 9.09. The highest BCUT2D eigenvalue weighted by Gasteiger charge is 2.55. The molecule has 0 aromatic carbocycles. The summed E-state index contributed by atoms with van der Waals surface area (Å²) in [5.41, 5.74) is -1.43. The standard InChI is InChI=1S/C28H47BrO9/c1-12-19-22(36-27(8,9)33-19)16(13-20(31)34-25(2,3)4)17(14-21(32)35-26(5,6)7)23-24(18(30)15-29)38-28(10,11)37-23/h12,16-19,22-24,30H,1,13-15H2,2-11H3/t16-,17-,18+,19+,22-,23-,24+/m0/s1. The molecule has 2 rings (SSSR count). The highest BCUT2D eigenvalue weighted by Crippen LogP contribution is 2.45. The molecule has 0 amide bonds. The average molecular weight is 608 g/mol. The average Bonchev–Trinajstić information content (AvgIpc) is 3.22. The molecule has 9 nitrogen and oxygen atoms in total. The van der Waals surface area contributed by atoms with Crippen molar-refractivity contribution >= 4 is 27.9 Å². The summed E-state index contributed by atoms with van der Waals surface area (Å²) in [6.45, 7) is 21.7. The van der Waals surface area contributed by atoms with Crippen molar-refractivity contribution in [3.63, 3.8) is 0 Å². The topological polar surface area (TPSA) is 110 Å². The van der Waals surface area contributed by atoms with Crippen LogP contribution in [0.3, 0.4) is 0 Å². The van der Waals surface area contributed by atoms with E-state index in [1.165, 1.54) is 0 Å². The van der Waals surface area contributed by atoms with Crippen LogP contribution >= 0.6 is 15.9 Å². The molecule has 0 radical (unpaired) electrons. The van der Waals surface area contributed by atoms with E-state index in [9.17, 15) is 14.7 Å². The molecule has 38 heavy (non-hydrogen) atoms. The van der Waals surface area contributed by atoms with Gasteiger partial charge in [-0.2, -0.15) is 0 Å². The molecule has 0 spiro atoms. The summed E-state index contributed by atoms with van der Waals surface area (Å²) >= 11 is 3.33. The van der Waals surface area contributed by atoms with Crippen LogP contribution in [0, 0.1) is 11.8 Å². The third kappa shape index (κ3) is 9.55. The van der Waals surface area contributed by atoms with E-state index in [2.05, 4.69) is 22.5 Å². The molecule has 10 heteroatoms. The second-order valence-electron chi connectivity index (χ2n) is 13.0. The van der Waals surface area contributed by atoms with E-state index in [0.717, 1.165) is 0 Å². The molecule has 0 aromatic heterocycles. The van der Waals surface area contributed by atoms with Gasteiger partial charge >= 0.3 is 11.9 Å². The first-order valence-electron chi connectivity index (χ1n) is 13.2. The van der Waals surface area contributed by atoms with Crippen LogP contribution in [-0.4, -0.2) is 75.7 Å². The Morgan fingerprint density at radius 1 is 0.842 bits per heavy atom. The summed E-state index contributed by atoms with van der Waals surface area (Å²) in [6, 6.07) is 0. The van der Waals surface area contributed by atoms with Gasteiger partial charge in [0, 0.05) is 17.2 Å². The van der Waals surface area contributed by atoms with Gasteiger partial charge in [0.1, 0.15) is 23.4 Å². The van der Waals surface area contributed by atoms with Crippen LogP contribution in [0.25, 0.3) is 0 Å². The molecule has 220 valence electrons. The van der Waals surface area contributed by atoms with Crippen molar-refractivity contribution in [2.45, 2.75) is 135 Å². The van der Waals surface area contributed by atoms with Crippen LogP contribution < -0.4 is 0 Å². The quantitative estimate of drug-likeness (QED) is 0.215. The van der Waals surface area contributed by atoms with Gasteiger partial charge in [0.15, 0.2) is 11.6 Å². The molecule has 1 N–H and O–H groups in total. The Morgan fingerprint density at radius 3 is 1.66 bits per heavy atom. The Balaban J connectivity index is 2.61. The van der Waals surface area contributed by atoms with Crippen molar-refractivity contribution in [3.8, 4) is 0 Å². The first-order chi connectivity index (χ1) is 17.2. The zero-order valence-corrected chi connectivity index (χ0v) is 26.1. The summed E-state index contributed by atoms with van der Waals surface area (Å²) in [4.78, 5) is 26.5. The lowest BCUT2D eigenvalue weighted by Crippen LogP contribution is -2.48. The summed E-state index contributed by atoms with van der Waals surface area (Å²) in [5.74, 6) is -4.20. The minimum atomic E-state index is -1.04. The molecule has 2 fully saturated rings. The molecule has 0 saturated carbocycles. The lowest BCUT2D eigenvalue weighted by molar-refractivity contribution is -0.176. The maximum atomic E-state index is 13.2. The van der Waals surface area contributed by atoms with Crippen molar-refractivity contribution in [3.05, 3.63) is 12.7 Å². The van der Waals surface area contributed by atoms with Crippen LogP contribution in [0.5, 0.6) is 0 Å². The zero-order valence-electron chi connectivity index (χ0n) is 24.5. The van der Waals surface area contributed by atoms with Gasteiger partial charge in [-0.05, 0) is 69.2 Å². The molecule has 0 aliphatic carbocycles. The molecule has 0 aromatic rings. The van der Waals surface area contributed by atoms with Crippen molar-refractivity contribution in [2.24, 2.45) is 11.8 Å². The van der Waals surface area contributed by atoms with Crippen molar-refractivity contribution < 1.29 is 43.1 Å². The number of rotatable bonds is 10. The van der Waals surface area contributed by atoms with Gasteiger partial charge in [0.05, 0.1) is 31.2 Å². The number of carbonyl (C=O) groups is 2. The maximum absolute atomic E-state index is 13.2. The molecule has 2 aliphatic rings. The summed E-state index contributed by atoms with van der Waals surface area (Å²) in [7, 11) is 0. The Hall–Kier alpha value is -1.04. The van der Waals surface area contributed by atoms with Gasteiger partial charge in [-0.1, -0.05) is 22.0 Å². The lowest BCUT2D eigenvalue weighted by Gasteiger charge is -2.37. The number of halogens is 1. The Morgan fingerprint density at radius 2 is 1.24 bits per heavy atom. The summed E-state index contributed by atoms with van der Waals surface area (Å²) in [6.07, 6.45) is -2.26. The fourth-order valence-corrected chi connectivity index (χ4v) is 5.41. The number of hydrogen-bond acceptors (Lipinski definition) is 9. The van der Waals surface area contributed by atoms with E-state index in [0.29, 0.717) is 0 Å². The summed E-state index contributed by atoms with van der Waals surface area (Å²) < 4.78 is 36.2. The maximum Gasteiger partial charge on any atom is 0.306 e.